The topological polar surface area (TPSA) is 28.7 Å². The van der Waals surface area contributed by atoms with E-state index in [1.165, 1.54) is 5.69 Å². The molecule has 1 aromatic rings. The molecule has 0 aromatic heterocycles. The van der Waals surface area contributed by atoms with Crippen LogP contribution in [0.3, 0.4) is 0 Å². The molecule has 0 saturated carbocycles. The summed E-state index contributed by atoms with van der Waals surface area (Å²) in [7, 11) is 0. The first kappa shape index (κ1) is 14.0. The number of hydrogen-bond donors (Lipinski definition) is 1. The third-order valence-corrected chi connectivity index (χ3v) is 4.00. The van der Waals surface area contributed by atoms with Gasteiger partial charge in [0.1, 0.15) is 11.3 Å². The van der Waals surface area contributed by atoms with Crippen molar-refractivity contribution < 1.29 is 4.42 Å². The molecule has 108 valence electrons. The minimum Gasteiger partial charge on any atom is -0.456 e. The number of anilines is 1. The second-order valence-electron chi connectivity index (χ2n) is 4.96. The second kappa shape index (κ2) is 5.82. The van der Waals surface area contributed by atoms with Gasteiger partial charge in [-0.25, -0.2) is 4.40 Å². The molecule has 0 amide bonds. The van der Waals surface area contributed by atoms with E-state index >= 15 is 0 Å². The first-order chi connectivity index (χ1) is 10.2. The van der Waals surface area contributed by atoms with E-state index in [-0.39, 0.29) is 0 Å². The van der Waals surface area contributed by atoms with Crippen molar-refractivity contribution in [2.75, 3.05) is 18.0 Å². The number of benzene rings is 2. The Labute approximate surface area is 129 Å². The molecule has 0 fully saturated rings. The van der Waals surface area contributed by atoms with Crippen molar-refractivity contribution in [3.05, 3.63) is 47.8 Å². The van der Waals surface area contributed by atoms with Gasteiger partial charge in [0.25, 0.3) is 0 Å². The maximum absolute atomic E-state index is 6.05. The largest absolute Gasteiger partial charge is 0.456 e. The van der Waals surface area contributed by atoms with E-state index in [4.69, 9.17) is 4.42 Å². The molecule has 0 N–H and O–H groups in total. The Morgan fingerprint density at radius 2 is 1.86 bits per heavy atom. The average molecular weight is 298 g/mol. The molecule has 0 unspecified atom stereocenters. The average Bonchev–Trinajstić information content (AvgIpc) is 2.53. The Hall–Kier alpha value is -1.94. The Morgan fingerprint density at radius 1 is 1.05 bits per heavy atom. The molecule has 0 radical (unpaired) electrons. The monoisotopic (exact) mass is 298 g/mol. The zero-order valence-electron chi connectivity index (χ0n) is 12.2. The van der Waals surface area contributed by atoms with E-state index in [0.717, 1.165) is 40.7 Å². The van der Waals surface area contributed by atoms with Gasteiger partial charge in [-0.2, -0.15) is 0 Å². The molecule has 1 heterocycles. The van der Waals surface area contributed by atoms with E-state index in [9.17, 15) is 0 Å². The third kappa shape index (κ3) is 2.63. The Balaban J connectivity index is 2.20. The highest BCUT2D eigenvalue weighted by Crippen LogP contribution is 2.29. The standard InChI is InChI=1S/C17H18N2OS/c1-3-19(4-2)15-8-6-13-9-12-5-7-14(18-21)10-16(12)20-17(13)11-15/h5-11,21H,3-4H2,1-2H3. The summed E-state index contributed by atoms with van der Waals surface area (Å²) in [4.78, 5) is 2.30. The van der Waals surface area contributed by atoms with Crippen molar-refractivity contribution in [3.8, 4) is 11.3 Å². The fraction of sp³-hybridized carbons (Fsp3) is 0.235. The number of rotatable bonds is 3. The lowest BCUT2D eigenvalue weighted by atomic mass is 10.1. The van der Waals surface area contributed by atoms with Gasteiger partial charge in [-0.1, -0.05) is 0 Å². The summed E-state index contributed by atoms with van der Waals surface area (Å²) in [5.41, 5.74) is 3.15. The molecular formula is C17H18N2OS. The van der Waals surface area contributed by atoms with Crippen LogP contribution < -0.4 is 10.3 Å². The number of nitrogens with zero attached hydrogens (tertiary/aromatic N) is 2. The molecule has 21 heavy (non-hydrogen) atoms. The van der Waals surface area contributed by atoms with Gasteiger partial charge in [0, 0.05) is 41.9 Å². The van der Waals surface area contributed by atoms with Crippen LogP contribution in [0.15, 0.2) is 51.3 Å². The van der Waals surface area contributed by atoms with Crippen LogP contribution in [0, 0.1) is 0 Å². The second-order valence-corrected chi connectivity index (χ2v) is 5.16. The molecule has 0 spiro atoms. The quantitative estimate of drug-likeness (QED) is 0.582. The minimum absolute atomic E-state index is 0.800. The molecule has 4 heteroatoms. The van der Waals surface area contributed by atoms with Crippen LogP contribution in [0.1, 0.15) is 13.8 Å². The molecule has 1 aromatic carbocycles. The lowest BCUT2D eigenvalue weighted by molar-refractivity contribution is 0.618. The normalized spacial score (nSPS) is 12.2. The Bertz CT molecular complexity index is 805. The maximum atomic E-state index is 6.05. The first-order valence-electron chi connectivity index (χ1n) is 7.16. The van der Waals surface area contributed by atoms with Gasteiger partial charge < -0.3 is 9.32 Å². The smallest absolute Gasteiger partial charge is 0.136 e. The summed E-state index contributed by atoms with van der Waals surface area (Å²) >= 11 is 3.95. The van der Waals surface area contributed by atoms with Gasteiger partial charge in [-0.15, -0.1) is 0 Å². The molecule has 3 rings (SSSR count). The Morgan fingerprint density at radius 3 is 2.57 bits per heavy atom. The van der Waals surface area contributed by atoms with Crippen LogP contribution in [-0.4, -0.2) is 13.1 Å². The van der Waals surface area contributed by atoms with E-state index in [1.807, 2.05) is 18.2 Å². The highest BCUT2D eigenvalue weighted by Gasteiger charge is 2.09. The Kier molecular flexibility index (Phi) is 3.88. The summed E-state index contributed by atoms with van der Waals surface area (Å²) in [6.07, 6.45) is 0. The molecule has 2 aliphatic rings. The highest BCUT2D eigenvalue weighted by atomic mass is 32.1. The zero-order chi connectivity index (χ0) is 14.8. The SMILES string of the molecule is CCN(CC)c1ccc2cc3ccc(=NS)cc-3oc2c1. The van der Waals surface area contributed by atoms with E-state index in [1.54, 1.807) is 0 Å². The molecule has 0 atom stereocenters. The fourth-order valence-electron chi connectivity index (χ4n) is 2.60. The molecular weight excluding hydrogens is 280 g/mol. The van der Waals surface area contributed by atoms with Gasteiger partial charge in [0.15, 0.2) is 0 Å². The van der Waals surface area contributed by atoms with Crippen molar-refractivity contribution in [1.82, 2.24) is 0 Å². The van der Waals surface area contributed by atoms with Gasteiger partial charge in [-0.05, 0) is 57.0 Å². The predicted molar refractivity (Wildman–Crippen MR) is 90.9 cm³/mol. The van der Waals surface area contributed by atoms with Crippen LogP contribution in [0.4, 0.5) is 5.69 Å². The highest BCUT2D eigenvalue weighted by molar-refractivity contribution is 7.78. The van der Waals surface area contributed by atoms with Crippen molar-refractivity contribution in [3.63, 3.8) is 0 Å². The maximum Gasteiger partial charge on any atom is 0.136 e. The molecule has 0 saturated heterocycles. The lowest BCUT2D eigenvalue weighted by Gasteiger charge is -2.21. The minimum atomic E-state index is 0.800. The van der Waals surface area contributed by atoms with Gasteiger partial charge >= 0.3 is 0 Å². The van der Waals surface area contributed by atoms with E-state index in [2.05, 4.69) is 60.2 Å². The summed E-state index contributed by atoms with van der Waals surface area (Å²) in [5, 5.41) is 1.91. The fourth-order valence-corrected chi connectivity index (χ4v) is 2.72. The summed E-state index contributed by atoms with van der Waals surface area (Å²) < 4.78 is 9.95. The van der Waals surface area contributed by atoms with Crippen LogP contribution in [-0.2, 0) is 0 Å². The van der Waals surface area contributed by atoms with Crippen LogP contribution in [0.5, 0.6) is 0 Å². The summed E-state index contributed by atoms with van der Waals surface area (Å²) in [5.74, 6) is 0.828. The van der Waals surface area contributed by atoms with Crippen molar-refractivity contribution in [1.29, 1.82) is 0 Å². The van der Waals surface area contributed by atoms with Crippen molar-refractivity contribution >= 4 is 29.5 Å². The molecule has 1 aliphatic carbocycles. The first-order valence-corrected chi connectivity index (χ1v) is 7.56. The number of hydrogen-bond acceptors (Lipinski definition) is 4. The zero-order valence-corrected chi connectivity index (χ0v) is 13.1. The lowest BCUT2D eigenvalue weighted by Crippen LogP contribution is -2.21. The molecule has 0 bridgehead atoms. The van der Waals surface area contributed by atoms with Crippen molar-refractivity contribution in [2.24, 2.45) is 4.40 Å². The number of fused-ring (bicyclic) bond motifs is 2. The van der Waals surface area contributed by atoms with Crippen LogP contribution >= 0.6 is 12.8 Å². The van der Waals surface area contributed by atoms with Gasteiger partial charge in [0.05, 0.1) is 5.36 Å². The van der Waals surface area contributed by atoms with Gasteiger partial charge in [0.2, 0.25) is 0 Å². The van der Waals surface area contributed by atoms with Gasteiger partial charge in [-0.3, -0.25) is 0 Å². The summed E-state index contributed by atoms with van der Waals surface area (Å²) in [6.45, 7) is 6.29. The predicted octanol–water partition coefficient (Wildman–Crippen LogP) is 4.13. The van der Waals surface area contributed by atoms with Crippen LogP contribution in [0.25, 0.3) is 22.3 Å². The molecule has 3 nitrogen and oxygen atoms in total. The van der Waals surface area contributed by atoms with E-state index < -0.39 is 0 Å². The van der Waals surface area contributed by atoms with Crippen LogP contribution in [0.2, 0.25) is 0 Å². The van der Waals surface area contributed by atoms with E-state index in [0.29, 0.717) is 0 Å². The molecule has 1 aliphatic heterocycles. The summed E-state index contributed by atoms with van der Waals surface area (Å²) in [6, 6.07) is 14.4. The van der Waals surface area contributed by atoms with Crippen molar-refractivity contribution in [2.45, 2.75) is 13.8 Å². The number of thiol groups is 1. The third-order valence-electron chi connectivity index (χ3n) is 3.77.